The fourth-order valence-corrected chi connectivity index (χ4v) is 2.02. The first-order valence-corrected chi connectivity index (χ1v) is 5.58. The molecular formula is C11H15N3S. The van der Waals surface area contributed by atoms with Crippen molar-refractivity contribution in [3.63, 3.8) is 0 Å². The molecule has 1 heterocycles. The molecule has 80 valence electrons. The summed E-state index contributed by atoms with van der Waals surface area (Å²) >= 11 is 4.92. The average Bonchev–Trinajstić information content (AvgIpc) is 2.16. The maximum Gasteiger partial charge on any atom is 0.126 e. The number of hydrogen-bond acceptors (Lipinski definition) is 3. The van der Waals surface area contributed by atoms with E-state index in [0.29, 0.717) is 11.0 Å². The van der Waals surface area contributed by atoms with Crippen molar-refractivity contribution in [1.82, 2.24) is 4.98 Å². The number of nitrogens with one attached hydrogen (secondary N) is 1. The Labute approximate surface area is 95.1 Å². The fourth-order valence-electron chi connectivity index (χ4n) is 1.89. The number of aromatic nitrogens is 1. The summed E-state index contributed by atoms with van der Waals surface area (Å²) in [7, 11) is 0. The lowest BCUT2D eigenvalue weighted by molar-refractivity contribution is 0.308. The molecule has 2 rings (SSSR count). The van der Waals surface area contributed by atoms with Crippen molar-refractivity contribution in [2.75, 3.05) is 5.32 Å². The van der Waals surface area contributed by atoms with Gasteiger partial charge in [-0.3, -0.25) is 0 Å². The summed E-state index contributed by atoms with van der Waals surface area (Å²) in [6.07, 6.45) is 4.18. The first kappa shape index (κ1) is 10.4. The van der Waals surface area contributed by atoms with Crippen LogP contribution in [0.15, 0.2) is 18.3 Å². The van der Waals surface area contributed by atoms with Crippen LogP contribution in [0.25, 0.3) is 0 Å². The van der Waals surface area contributed by atoms with Crippen molar-refractivity contribution in [1.29, 1.82) is 0 Å². The zero-order valence-electron chi connectivity index (χ0n) is 8.73. The van der Waals surface area contributed by atoms with Crippen molar-refractivity contribution in [2.24, 2.45) is 11.7 Å². The predicted octanol–water partition coefficient (Wildman–Crippen LogP) is 1.93. The Morgan fingerprint density at radius 3 is 2.93 bits per heavy atom. The minimum atomic E-state index is 0.419. The van der Waals surface area contributed by atoms with Gasteiger partial charge in [-0.25, -0.2) is 4.98 Å². The molecular weight excluding hydrogens is 206 g/mol. The Morgan fingerprint density at radius 1 is 1.60 bits per heavy atom. The molecule has 4 heteroatoms. The zero-order chi connectivity index (χ0) is 10.8. The third-order valence-corrected chi connectivity index (χ3v) is 3.01. The van der Waals surface area contributed by atoms with Gasteiger partial charge in [0.25, 0.3) is 0 Å². The molecule has 0 radical (unpaired) electrons. The van der Waals surface area contributed by atoms with Crippen LogP contribution in [0, 0.1) is 5.92 Å². The Kier molecular flexibility index (Phi) is 2.86. The lowest BCUT2D eigenvalue weighted by Crippen LogP contribution is -2.34. The van der Waals surface area contributed by atoms with Gasteiger partial charge in [0, 0.05) is 17.8 Å². The molecule has 15 heavy (non-hydrogen) atoms. The van der Waals surface area contributed by atoms with E-state index in [9.17, 15) is 0 Å². The van der Waals surface area contributed by atoms with Crippen LogP contribution in [0.3, 0.4) is 0 Å². The lowest BCUT2D eigenvalue weighted by atomic mass is 9.82. The summed E-state index contributed by atoms with van der Waals surface area (Å²) in [6, 6.07) is 4.30. The number of hydrogen-bond donors (Lipinski definition) is 2. The highest BCUT2D eigenvalue weighted by Gasteiger charge is 2.25. The summed E-state index contributed by atoms with van der Waals surface area (Å²) in [5, 5.41) is 3.38. The van der Waals surface area contributed by atoms with Crippen LogP contribution in [-0.4, -0.2) is 16.0 Å². The Bertz CT molecular complexity index is 372. The second-order valence-corrected chi connectivity index (χ2v) is 4.65. The number of nitrogens with zero attached hydrogens (tertiary/aromatic N) is 1. The van der Waals surface area contributed by atoms with Crippen molar-refractivity contribution in [3.8, 4) is 0 Å². The van der Waals surface area contributed by atoms with Crippen LogP contribution < -0.4 is 11.1 Å². The van der Waals surface area contributed by atoms with E-state index in [1.807, 2.05) is 12.1 Å². The van der Waals surface area contributed by atoms with Gasteiger partial charge < -0.3 is 11.1 Å². The molecule has 0 aliphatic heterocycles. The van der Waals surface area contributed by atoms with Crippen molar-refractivity contribution >= 4 is 23.0 Å². The molecule has 3 nitrogen and oxygen atoms in total. The second kappa shape index (κ2) is 4.14. The smallest absolute Gasteiger partial charge is 0.126 e. The first-order valence-electron chi connectivity index (χ1n) is 5.17. The first-order chi connectivity index (χ1) is 7.15. The molecule has 0 unspecified atom stereocenters. The quantitative estimate of drug-likeness (QED) is 0.766. The highest BCUT2D eigenvalue weighted by atomic mass is 32.1. The summed E-state index contributed by atoms with van der Waals surface area (Å²) in [5.41, 5.74) is 6.43. The largest absolute Gasteiger partial charge is 0.389 e. The highest BCUT2D eigenvalue weighted by molar-refractivity contribution is 7.80. The normalized spacial score (nSPS) is 24.3. The van der Waals surface area contributed by atoms with E-state index < -0.39 is 0 Å². The maximum atomic E-state index is 5.56. The molecule has 1 fully saturated rings. The molecule has 0 amide bonds. The van der Waals surface area contributed by atoms with E-state index in [1.165, 1.54) is 12.8 Å². The Morgan fingerprint density at radius 2 is 2.33 bits per heavy atom. The summed E-state index contributed by atoms with van der Waals surface area (Å²) < 4.78 is 0. The van der Waals surface area contributed by atoms with Crippen LogP contribution in [0.1, 0.15) is 25.3 Å². The van der Waals surface area contributed by atoms with E-state index >= 15 is 0 Å². The molecule has 1 aliphatic rings. The standard InChI is InChI=1S/C11H15N3S/c1-7-4-9(5-7)14-10-6-8(11(12)15)2-3-13-10/h2-3,6-7,9H,4-5H2,1H3,(H2,12,15)(H,13,14). The molecule has 0 bridgehead atoms. The molecule has 0 spiro atoms. The molecule has 3 N–H and O–H groups in total. The van der Waals surface area contributed by atoms with Crippen molar-refractivity contribution in [3.05, 3.63) is 23.9 Å². The number of rotatable bonds is 3. The topological polar surface area (TPSA) is 50.9 Å². The number of thiocarbonyl (C=S) groups is 1. The van der Waals surface area contributed by atoms with E-state index in [2.05, 4.69) is 17.2 Å². The number of anilines is 1. The SMILES string of the molecule is CC1CC(Nc2cc(C(N)=S)ccn2)C1. The molecule has 1 aromatic heterocycles. The van der Waals surface area contributed by atoms with Crippen molar-refractivity contribution < 1.29 is 0 Å². The van der Waals surface area contributed by atoms with Crippen LogP contribution in [0.4, 0.5) is 5.82 Å². The van der Waals surface area contributed by atoms with Crippen LogP contribution in [0.2, 0.25) is 0 Å². The Balaban J connectivity index is 2.02. The molecule has 0 aromatic carbocycles. The summed E-state index contributed by atoms with van der Waals surface area (Å²) in [4.78, 5) is 4.66. The van der Waals surface area contributed by atoms with Gasteiger partial charge in [-0.15, -0.1) is 0 Å². The van der Waals surface area contributed by atoms with Gasteiger partial charge in [0.1, 0.15) is 10.8 Å². The minimum Gasteiger partial charge on any atom is -0.389 e. The molecule has 1 aliphatic carbocycles. The van der Waals surface area contributed by atoms with Crippen LogP contribution in [0.5, 0.6) is 0 Å². The van der Waals surface area contributed by atoms with E-state index in [0.717, 1.165) is 17.3 Å². The minimum absolute atomic E-state index is 0.419. The monoisotopic (exact) mass is 221 g/mol. The second-order valence-electron chi connectivity index (χ2n) is 4.21. The summed E-state index contributed by atoms with van der Waals surface area (Å²) in [5.74, 6) is 1.71. The van der Waals surface area contributed by atoms with Gasteiger partial charge in [-0.05, 0) is 30.9 Å². The van der Waals surface area contributed by atoms with Crippen LogP contribution in [-0.2, 0) is 0 Å². The lowest BCUT2D eigenvalue weighted by Gasteiger charge is -2.33. The van der Waals surface area contributed by atoms with Gasteiger partial charge in [-0.1, -0.05) is 19.1 Å². The third kappa shape index (κ3) is 2.45. The highest BCUT2D eigenvalue weighted by Crippen LogP contribution is 2.28. The van der Waals surface area contributed by atoms with Gasteiger partial charge in [0.15, 0.2) is 0 Å². The third-order valence-electron chi connectivity index (χ3n) is 2.77. The van der Waals surface area contributed by atoms with Crippen molar-refractivity contribution in [2.45, 2.75) is 25.8 Å². The van der Waals surface area contributed by atoms with Gasteiger partial charge in [0.05, 0.1) is 0 Å². The predicted molar refractivity (Wildman–Crippen MR) is 65.9 cm³/mol. The number of pyridine rings is 1. The van der Waals surface area contributed by atoms with Gasteiger partial charge in [0.2, 0.25) is 0 Å². The average molecular weight is 221 g/mol. The zero-order valence-corrected chi connectivity index (χ0v) is 9.55. The van der Waals surface area contributed by atoms with E-state index in [1.54, 1.807) is 6.20 Å². The summed E-state index contributed by atoms with van der Waals surface area (Å²) in [6.45, 7) is 2.26. The van der Waals surface area contributed by atoms with Gasteiger partial charge >= 0.3 is 0 Å². The fraction of sp³-hybridized carbons (Fsp3) is 0.455. The molecule has 0 atom stereocenters. The number of nitrogens with two attached hydrogens (primary N) is 1. The molecule has 1 aromatic rings. The Hall–Kier alpha value is -1.16. The molecule has 0 saturated heterocycles. The maximum absolute atomic E-state index is 5.56. The van der Waals surface area contributed by atoms with Crippen LogP contribution >= 0.6 is 12.2 Å². The van der Waals surface area contributed by atoms with E-state index in [4.69, 9.17) is 18.0 Å². The molecule has 1 saturated carbocycles. The van der Waals surface area contributed by atoms with Gasteiger partial charge in [-0.2, -0.15) is 0 Å². The van der Waals surface area contributed by atoms with E-state index in [-0.39, 0.29) is 0 Å².